The Morgan fingerprint density at radius 3 is 2.23 bits per heavy atom. The van der Waals surface area contributed by atoms with Crippen molar-refractivity contribution < 1.29 is 4.79 Å². The number of urea groups is 1. The van der Waals surface area contributed by atoms with E-state index in [1.807, 2.05) is 12.1 Å². The molecule has 30 heavy (non-hydrogen) atoms. The lowest BCUT2D eigenvalue weighted by Gasteiger charge is -2.62. The van der Waals surface area contributed by atoms with Gasteiger partial charge in [-0.15, -0.1) is 12.4 Å². The Bertz CT molecular complexity index is 693. The summed E-state index contributed by atoms with van der Waals surface area (Å²) in [6.07, 6.45) is 9.60. The third kappa shape index (κ3) is 4.92. The highest BCUT2D eigenvalue weighted by Gasteiger charge is 2.54. The molecule has 0 aromatic heterocycles. The van der Waals surface area contributed by atoms with E-state index in [2.05, 4.69) is 41.1 Å². The molecular weight excluding hydrogens is 417 g/mol. The van der Waals surface area contributed by atoms with E-state index >= 15 is 0 Å². The lowest BCUT2D eigenvalue weighted by Crippen LogP contribution is -2.64. The zero-order chi connectivity index (χ0) is 20.4. The average molecular weight is 454 g/mol. The van der Waals surface area contributed by atoms with Crippen LogP contribution in [0, 0.1) is 5.41 Å². The van der Waals surface area contributed by atoms with Crippen molar-refractivity contribution in [3.63, 3.8) is 0 Å². The number of nitrogens with one attached hydrogen (secondary N) is 1. The smallest absolute Gasteiger partial charge is 0.317 e. The van der Waals surface area contributed by atoms with Crippen LogP contribution in [0.25, 0.3) is 0 Å². The summed E-state index contributed by atoms with van der Waals surface area (Å²) in [4.78, 5) is 17.5. The highest BCUT2D eigenvalue weighted by molar-refractivity contribution is 6.30. The van der Waals surface area contributed by atoms with E-state index in [-0.39, 0.29) is 23.9 Å². The highest BCUT2D eigenvalue weighted by atomic mass is 35.5. The van der Waals surface area contributed by atoms with Gasteiger partial charge in [0, 0.05) is 48.2 Å². The lowest BCUT2D eigenvalue weighted by atomic mass is 9.62. The summed E-state index contributed by atoms with van der Waals surface area (Å²) in [7, 11) is 0. The molecule has 1 aliphatic carbocycles. The van der Waals surface area contributed by atoms with E-state index in [1.165, 1.54) is 31.2 Å². The topological polar surface area (TPSA) is 35.6 Å². The number of likely N-dealkylation sites (tertiary alicyclic amines) is 2. The number of hydrogen-bond donors (Lipinski definition) is 1. The van der Waals surface area contributed by atoms with Crippen molar-refractivity contribution in [2.24, 2.45) is 5.41 Å². The van der Waals surface area contributed by atoms with E-state index in [0.717, 1.165) is 50.3 Å². The number of nitrogens with zero attached hydrogens (tertiary/aromatic N) is 2. The van der Waals surface area contributed by atoms with Crippen LogP contribution in [0.4, 0.5) is 4.79 Å². The van der Waals surface area contributed by atoms with Gasteiger partial charge in [-0.25, -0.2) is 4.79 Å². The van der Waals surface area contributed by atoms with Crippen molar-refractivity contribution >= 4 is 30.0 Å². The molecular formula is C24H37Cl2N3O. The molecule has 1 atom stereocenters. The highest BCUT2D eigenvalue weighted by Crippen LogP contribution is 2.55. The molecule has 2 amide bonds. The molecule has 1 spiro atoms. The predicted octanol–water partition coefficient (Wildman–Crippen LogP) is 6.04. The van der Waals surface area contributed by atoms with Crippen molar-refractivity contribution in [2.75, 3.05) is 19.6 Å². The summed E-state index contributed by atoms with van der Waals surface area (Å²) >= 11 is 6.13. The molecule has 2 aliphatic heterocycles. The monoisotopic (exact) mass is 453 g/mol. The number of benzene rings is 1. The maximum absolute atomic E-state index is 12.8. The van der Waals surface area contributed by atoms with Crippen molar-refractivity contribution in [1.82, 2.24) is 15.1 Å². The Kier molecular flexibility index (Phi) is 7.97. The Balaban J connectivity index is 0.00000256. The molecule has 4 nitrogen and oxygen atoms in total. The Morgan fingerprint density at radius 1 is 1.07 bits per heavy atom. The minimum absolute atomic E-state index is 0. The van der Waals surface area contributed by atoms with Gasteiger partial charge >= 0.3 is 6.03 Å². The van der Waals surface area contributed by atoms with E-state index in [0.29, 0.717) is 18.1 Å². The van der Waals surface area contributed by atoms with Crippen LogP contribution >= 0.6 is 24.0 Å². The van der Waals surface area contributed by atoms with Gasteiger partial charge in [0.25, 0.3) is 0 Å². The van der Waals surface area contributed by atoms with Crippen LogP contribution < -0.4 is 5.32 Å². The van der Waals surface area contributed by atoms with E-state index in [1.54, 1.807) is 0 Å². The number of piperidine rings is 1. The van der Waals surface area contributed by atoms with Crippen LogP contribution in [0.3, 0.4) is 0 Å². The number of rotatable bonds is 3. The van der Waals surface area contributed by atoms with Crippen molar-refractivity contribution in [1.29, 1.82) is 0 Å². The number of amides is 2. The molecule has 1 N–H and O–H groups in total. The second-order valence-corrected chi connectivity index (χ2v) is 10.1. The van der Waals surface area contributed by atoms with Crippen LogP contribution in [-0.4, -0.2) is 47.5 Å². The Hall–Kier alpha value is -0.970. The molecule has 2 saturated heterocycles. The third-order valence-corrected chi connectivity index (χ3v) is 7.74. The molecule has 6 heteroatoms. The molecule has 4 rings (SSSR count). The summed E-state index contributed by atoms with van der Waals surface area (Å²) < 4.78 is 0. The molecule has 0 radical (unpaired) electrons. The molecule has 168 valence electrons. The summed E-state index contributed by atoms with van der Waals surface area (Å²) in [5.41, 5.74) is 1.66. The first-order chi connectivity index (χ1) is 14.0. The largest absolute Gasteiger partial charge is 0.335 e. The van der Waals surface area contributed by atoms with Crippen molar-refractivity contribution in [3.05, 3.63) is 34.9 Å². The van der Waals surface area contributed by atoms with Crippen LogP contribution in [0.5, 0.6) is 0 Å². The van der Waals surface area contributed by atoms with Gasteiger partial charge in [0.1, 0.15) is 0 Å². The van der Waals surface area contributed by atoms with E-state index in [9.17, 15) is 4.79 Å². The van der Waals surface area contributed by atoms with Gasteiger partial charge in [-0.2, -0.15) is 0 Å². The fraction of sp³-hybridized carbons (Fsp3) is 0.708. The normalized spacial score (nSPS) is 24.8. The number of carbonyl (C=O) groups is 1. The standard InChI is InChI=1S/C24H36ClN3O.ClH/c1-18(2)28-17-24(22(28)19-9-11-20(25)12-10-19)13-15-27(16-14-24)23(29)26-21-7-5-3-4-6-8-21;/h9-12,18,21-22H,3-8,13-17H2,1-2H3,(H,26,29);1H. The molecule has 2 heterocycles. The maximum atomic E-state index is 12.8. The second-order valence-electron chi connectivity index (χ2n) is 9.71. The zero-order valence-corrected chi connectivity index (χ0v) is 20.0. The van der Waals surface area contributed by atoms with Gasteiger partial charge in [0.15, 0.2) is 0 Å². The number of halogens is 2. The van der Waals surface area contributed by atoms with Gasteiger partial charge in [-0.05, 0) is 57.2 Å². The minimum Gasteiger partial charge on any atom is -0.335 e. The van der Waals surface area contributed by atoms with Crippen molar-refractivity contribution in [3.8, 4) is 0 Å². The summed E-state index contributed by atoms with van der Waals surface area (Å²) in [5, 5.41) is 4.12. The Labute approximate surface area is 193 Å². The molecule has 1 saturated carbocycles. The van der Waals surface area contributed by atoms with E-state index < -0.39 is 0 Å². The van der Waals surface area contributed by atoms with Crippen LogP contribution in [0.15, 0.2) is 24.3 Å². The fourth-order valence-electron chi connectivity index (χ4n) is 5.73. The van der Waals surface area contributed by atoms with Crippen LogP contribution in [-0.2, 0) is 0 Å². The first-order valence-corrected chi connectivity index (χ1v) is 11.9. The number of carbonyl (C=O) groups excluding carboxylic acids is 1. The first kappa shape index (κ1) is 23.7. The predicted molar refractivity (Wildman–Crippen MR) is 127 cm³/mol. The third-order valence-electron chi connectivity index (χ3n) is 7.49. The fourth-order valence-corrected chi connectivity index (χ4v) is 5.85. The molecule has 0 bridgehead atoms. The average Bonchev–Trinajstić information content (AvgIpc) is 2.97. The molecule has 3 fully saturated rings. The van der Waals surface area contributed by atoms with Crippen LogP contribution in [0.1, 0.15) is 76.8 Å². The van der Waals surface area contributed by atoms with Gasteiger partial charge < -0.3 is 10.2 Å². The molecule has 3 aliphatic rings. The summed E-state index contributed by atoms with van der Waals surface area (Å²) in [5.74, 6) is 0. The quantitative estimate of drug-likeness (QED) is 0.565. The van der Waals surface area contributed by atoms with Gasteiger partial charge in [0.05, 0.1) is 0 Å². The number of hydrogen-bond acceptors (Lipinski definition) is 2. The Morgan fingerprint density at radius 2 is 1.67 bits per heavy atom. The van der Waals surface area contributed by atoms with Crippen molar-refractivity contribution in [2.45, 2.75) is 83.3 Å². The molecule has 1 aromatic carbocycles. The van der Waals surface area contributed by atoms with Crippen LogP contribution in [0.2, 0.25) is 5.02 Å². The van der Waals surface area contributed by atoms with Gasteiger partial charge in [-0.3, -0.25) is 4.90 Å². The van der Waals surface area contributed by atoms with E-state index in [4.69, 9.17) is 11.6 Å². The SMILES string of the molecule is CC(C)N1CC2(CCN(C(=O)NC3CCCCCC3)CC2)C1c1ccc(Cl)cc1.Cl. The first-order valence-electron chi connectivity index (χ1n) is 11.6. The lowest BCUT2D eigenvalue weighted by molar-refractivity contribution is -0.123. The molecule has 1 unspecified atom stereocenters. The van der Waals surface area contributed by atoms with Gasteiger partial charge in [-0.1, -0.05) is 49.4 Å². The zero-order valence-electron chi connectivity index (χ0n) is 18.4. The summed E-state index contributed by atoms with van der Waals surface area (Å²) in [6.45, 7) is 7.44. The van der Waals surface area contributed by atoms with Gasteiger partial charge in [0.2, 0.25) is 0 Å². The summed E-state index contributed by atoms with van der Waals surface area (Å²) in [6, 6.07) is 9.90. The molecule has 1 aromatic rings. The second kappa shape index (κ2) is 10.1. The minimum atomic E-state index is 0. The maximum Gasteiger partial charge on any atom is 0.317 e.